The lowest BCUT2D eigenvalue weighted by Crippen LogP contribution is -2.47. The summed E-state index contributed by atoms with van der Waals surface area (Å²) in [5.74, 6) is 0.722. The number of nitrogens with one attached hydrogen (secondary N) is 1. The quantitative estimate of drug-likeness (QED) is 0.645. The largest absolute Gasteiger partial charge is 0.416 e. The van der Waals surface area contributed by atoms with Gasteiger partial charge in [-0.25, -0.2) is 0 Å². The molecule has 35 heavy (non-hydrogen) atoms. The molecule has 186 valence electrons. The van der Waals surface area contributed by atoms with Crippen LogP contribution < -0.4 is 10.2 Å². The smallest absolute Gasteiger partial charge is 0.351 e. The van der Waals surface area contributed by atoms with E-state index in [0.717, 1.165) is 43.6 Å². The van der Waals surface area contributed by atoms with E-state index in [0.29, 0.717) is 24.6 Å². The fourth-order valence-electron chi connectivity index (χ4n) is 5.28. The van der Waals surface area contributed by atoms with Crippen LogP contribution in [0.4, 0.5) is 18.9 Å². The topological polar surface area (TPSA) is 52.7 Å². The molecule has 1 N–H and O–H groups in total. The van der Waals surface area contributed by atoms with Crippen molar-refractivity contribution < 1.29 is 22.8 Å². The van der Waals surface area contributed by atoms with E-state index in [9.17, 15) is 22.8 Å². The first-order valence-electron chi connectivity index (χ1n) is 12.3. The van der Waals surface area contributed by atoms with Gasteiger partial charge < -0.3 is 10.2 Å². The van der Waals surface area contributed by atoms with Gasteiger partial charge in [-0.1, -0.05) is 24.3 Å². The summed E-state index contributed by atoms with van der Waals surface area (Å²) in [4.78, 5) is 29.7. The predicted octanol–water partition coefficient (Wildman–Crippen LogP) is 4.72. The normalized spacial score (nSPS) is 20.4. The van der Waals surface area contributed by atoms with Crippen molar-refractivity contribution >= 4 is 17.5 Å². The van der Waals surface area contributed by atoms with Gasteiger partial charge in [-0.15, -0.1) is 0 Å². The van der Waals surface area contributed by atoms with Gasteiger partial charge in [-0.3, -0.25) is 14.5 Å². The third-order valence-corrected chi connectivity index (χ3v) is 7.72. The third kappa shape index (κ3) is 5.22. The Hall–Kier alpha value is -2.87. The molecule has 8 heteroatoms. The first-order chi connectivity index (χ1) is 16.7. The first-order valence-corrected chi connectivity index (χ1v) is 12.3. The standard InChI is InChI=1S/C27H30F3N3O2/c28-27(29,30)22-7-1-19(2-8-22)17-31-24(34)18-32-14-11-26(12-15-32)13-16-33(25(26)35)23-9-5-21(6-10-23)20-3-4-20/h1-2,5-10,20H,3-4,11-18H2,(H,31,34). The second-order valence-electron chi connectivity index (χ2n) is 10.1. The lowest BCUT2D eigenvalue weighted by atomic mass is 9.77. The van der Waals surface area contributed by atoms with Crippen LogP contribution in [0.3, 0.4) is 0 Å². The number of hydrogen-bond donors (Lipinski definition) is 1. The maximum Gasteiger partial charge on any atom is 0.416 e. The number of nitrogens with zero attached hydrogens (tertiary/aromatic N) is 2. The van der Waals surface area contributed by atoms with Crippen molar-refractivity contribution in [3.8, 4) is 0 Å². The molecule has 1 aliphatic carbocycles. The summed E-state index contributed by atoms with van der Waals surface area (Å²) in [5.41, 5.74) is 1.90. The van der Waals surface area contributed by atoms with Crippen LogP contribution in [-0.4, -0.2) is 42.9 Å². The highest BCUT2D eigenvalue weighted by Gasteiger charge is 2.48. The van der Waals surface area contributed by atoms with Gasteiger partial charge in [0.05, 0.1) is 17.5 Å². The van der Waals surface area contributed by atoms with E-state index in [-0.39, 0.29) is 30.3 Å². The van der Waals surface area contributed by atoms with Crippen LogP contribution in [0.2, 0.25) is 0 Å². The lowest BCUT2D eigenvalue weighted by Gasteiger charge is -2.37. The summed E-state index contributed by atoms with van der Waals surface area (Å²) in [6, 6.07) is 13.2. The van der Waals surface area contributed by atoms with Crippen molar-refractivity contribution in [3.05, 3.63) is 65.2 Å². The van der Waals surface area contributed by atoms with Crippen LogP contribution >= 0.6 is 0 Å². The van der Waals surface area contributed by atoms with Crippen LogP contribution in [0, 0.1) is 5.41 Å². The Morgan fingerprint density at radius 3 is 2.17 bits per heavy atom. The number of anilines is 1. The van der Waals surface area contributed by atoms with E-state index in [1.807, 2.05) is 9.80 Å². The van der Waals surface area contributed by atoms with Crippen LogP contribution in [0.1, 0.15) is 54.7 Å². The summed E-state index contributed by atoms with van der Waals surface area (Å²) in [7, 11) is 0. The number of benzene rings is 2. The number of carbonyl (C=O) groups excluding carboxylic acids is 2. The second-order valence-corrected chi connectivity index (χ2v) is 10.1. The van der Waals surface area contributed by atoms with Crippen molar-refractivity contribution in [1.82, 2.24) is 10.2 Å². The minimum Gasteiger partial charge on any atom is -0.351 e. The van der Waals surface area contributed by atoms with Crippen molar-refractivity contribution in [2.75, 3.05) is 31.1 Å². The zero-order valence-corrected chi connectivity index (χ0v) is 19.6. The van der Waals surface area contributed by atoms with Gasteiger partial charge in [0, 0.05) is 18.8 Å². The van der Waals surface area contributed by atoms with Crippen LogP contribution in [0.5, 0.6) is 0 Å². The maximum atomic E-state index is 13.3. The van der Waals surface area contributed by atoms with Gasteiger partial charge in [0.1, 0.15) is 0 Å². The highest BCUT2D eigenvalue weighted by Crippen LogP contribution is 2.44. The highest BCUT2D eigenvalue weighted by atomic mass is 19.4. The molecular formula is C27H30F3N3O2. The van der Waals surface area contributed by atoms with Crippen molar-refractivity contribution in [3.63, 3.8) is 0 Å². The van der Waals surface area contributed by atoms with E-state index in [1.54, 1.807) is 0 Å². The Morgan fingerprint density at radius 1 is 0.943 bits per heavy atom. The molecule has 1 spiro atoms. The van der Waals surface area contributed by atoms with Crippen molar-refractivity contribution in [1.29, 1.82) is 0 Å². The molecule has 0 bridgehead atoms. The molecule has 1 saturated carbocycles. The molecule has 0 unspecified atom stereocenters. The van der Waals surface area contributed by atoms with Crippen LogP contribution in [0.25, 0.3) is 0 Å². The number of likely N-dealkylation sites (tertiary alicyclic amines) is 1. The number of amides is 2. The Balaban J connectivity index is 1.09. The molecule has 2 saturated heterocycles. The Morgan fingerprint density at radius 2 is 1.57 bits per heavy atom. The molecule has 0 atom stereocenters. The molecule has 2 aromatic rings. The van der Waals surface area contributed by atoms with E-state index in [4.69, 9.17) is 0 Å². The van der Waals surface area contributed by atoms with Gasteiger partial charge in [0.15, 0.2) is 0 Å². The van der Waals surface area contributed by atoms with Gasteiger partial charge in [0.2, 0.25) is 11.8 Å². The molecule has 5 nitrogen and oxygen atoms in total. The fraction of sp³-hybridized carbons (Fsp3) is 0.481. The summed E-state index contributed by atoms with van der Waals surface area (Å²) in [5, 5.41) is 2.78. The molecule has 2 amide bonds. The Labute approximate surface area is 203 Å². The van der Waals surface area contributed by atoms with Gasteiger partial charge in [0.25, 0.3) is 0 Å². The zero-order valence-electron chi connectivity index (χ0n) is 19.6. The number of halogens is 3. The second kappa shape index (κ2) is 9.30. The number of alkyl halides is 3. The molecule has 0 radical (unpaired) electrons. The summed E-state index contributed by atoms with van der Waals surface area (Å²) in [6.07, 6.45) is 0.447. The minimum absolute atomic E-state index is 0.170. The number of piperidine rings is 1. The molecule has 2 aliphatic heterocycles. The molecule has 0 aromatic heterocycles. The fourth-order valence-corrected chi connectivity index (χ4v) is 5.28. The van der Waals surface area contributed by atoms with Crippen molar-refractivity contribution in [2.24, 2.45) is 5.41 Å². The predicted molar refractivity (Wildman–Crippen MR) is 127 cm³/mol. The van der Waals surface area contributed by atoms with Crippen molar-refractivity contribution in [2.45, 2.75) is 50.7 Å². The summed E-state index contributed by atoms with van der Waals surface area (Å²) < 4.78 is 38.0. The van der Waals surface area contributed by atoms with E-state index >= 15 is 0 Å². The molecule has 3 fully saturated rings. The maximum absolute atomic E-state index is 13.3. The Bertz CT molecular complexity index is 1070. The van der Waals surface area contributed by atoms with E-state index in [1.165, 1.54) is 30.5 Å². The summed E-state index contributed by atoms with van der Waals surface area (Å²) in [6.45, 7) is 2.48. The molecule has 5 rings (SSSR count). The van der Waals surface area contributed by atoms with Crippen LogP contribution in [0.15, 0.2) is 48.5 Å². The average molecular weight is 486 g/mol. The number of hydrogen-bond acceptors (Lipinski definition) is 3. The molecular weight excluding hydrogens is 455 g/mol. The molecule has 2 heterocycles. The first kappa shape index (κ1) is 23.9. The molecule has 2 aromatic carbocycles. The summed E-state index contributed by atoms with van der Waals surface area (Å²) >= 11 is 0. The Kier molecular flexibility index (Phi) is 6.34. The van der Waals surface area contributed by atoms with Gasteiger partial charge >= 0.3 is 6.18 Å². The number of rotatable bonds is 6. The van der Waals surface area contributed by atoms with Crippen LogP contribution in [-0.2, 0) is 22.3 Å². The lowest BCUT2D eigenvalue weighted by molar-refractivity contribution is -0.137. The minimum atomic E-state index is -4.37. The number of carbonyl (C=O) groups is 2. The third-order valence-electron chi connectivity index (χ3n) is 7.72. The SMILES string of the molecule is O=C(CN1CCC2(CC1)CCN(c1ccc(C3CC3)cc1)C2=O)NCc1ccc(C(F)(F)F)cc1. The monoisotopic (exact) mass is 485 g/mol. The van der Waals surface area contributed by atoms with Gasteiger partial charge in [-0.2, -0.15) is 13.2 Å². The van der Waals surface area contributed by atoms with E-state index < -0.39 is 11.7 Å². The molecule has 3 aliphatic rings. The zero-order chi connectivity index (χ0) is 24.6. The van der Waals surface area contributed by atoms with E-state index in [2.05, 4.69) is 29.6 Å². The van der Waals surface area contributed by atoms with Gasteiger partial charge in [-0.05, 0) is 86.5 Å². The highest BCUT2D eigenvalue weighted by molar-refractivity contribution is 6.00. The average Bonchev–Trinajstić information content (AvgIpc) is 3.65.